The van der Waals surface area contributed by atoms with Crippen LogP contribution in [0.15, 0.2) is 30.0 Å². The Morgan fingerprint density at radius 2 is 2.06 bits per heavy atom. The standard InChI is InChI=1S/C14H18N2O2/c1-9-3-4-10(2)16(9)12-6-5-11-7-14(17)15-18-13(11)8-12/h3-4,6,8,11,14-15,17H,5,7H2,1-2H3. The van der Waals surface area contributed by atoms with Crippen molar-refractivity contribution in [1.29, 1.82) is 0 Å². The van der Waals surface area contributed by atoms with Crippen molar-refractivity contribution in [3.8, 4) is 0 Å². The van der Waals surface area contributed by atoms with Crippen molar-refractivity contribution in [2.24, 2.45) is 5.92 Å². The van der Waals surface area contributed by atoms with Crippen LogP contribution in [0.1, 0.15) is 24.2 Å². The van der Waals surface area contributed by atoms with Crippen molar-refractivity contribution in [2.75, 3.05) is 0 Å². The monoisotopic (exact) mass is 246 g/mol. The summed E-state index contributed by atoms with van der Waals surface area (Å²) in [6.07, 6.45) is 5.34. The van der Waals surface area contributed by atoms with Gasteiger partial charge in [-0.05, 0) is 38.8 Å². The minimum Gasteiger partial charge on any atom is -0.410 e. The fourth-order valence-corrected chi connectivity index (χ4v) is 2.71. The number of aryl methyl sites for hydroxylation is 2. The van der Waals surface area contributed by atoms with Crippen LogP contribution in [-0.2, 0) is 4.84 Å². The van der Waals surface area contributed by atoms with Crippen LogP contribution < -0.4 is 5.48 Å². The number of hydrogen-bond acceptors (Lipinski definition) is 3. The number of hydrogen-bond donors (Lipinski definition) is 2. The number of aliphatic hydroxyl groups is 1. The van der Waals surface area contributed by atoms with E-state index < -0.39 is 6.23 Å². The number of aliphatic hydroxyl groups excluding tert-OH is 1. The summed E-state index contributed by atoms with van der Waals surface area (Å²) in [5.41, 5.74) is 6.22. The zero-order chi connectivity index (χ0) is 12.7. The van der Waals surface area contributed by atoms with Gasteiger partial charge in [-0.2, -0.15) is 0 Å². The summed E-state index contributed by atoms with van der Waals surface area (Å²) in [5, 5.41) is 9.50. The Balaban J connectivity index is 1.91. The second-order valence-electron chi connectivity index (χ2n) is 5.03. The van der Waals surface area contributed by atoms with Gasteiger partial charge < -0.3 is 14.5 Å². The third-order valence-corrected chi connectivity index (χ3v) is 3.65. The van der Waals surface area contributed by atoms with Crippen LogP contribution >= 0.6 is 0 Å². The molecule has 0 aromatic carbocycles. The quantitative estimate of drug-likeness (QED) is 0.797. The van der Waals surface area contributed by atoms with Crippen molar-refractivity contribution >= 4 is 5.70 Å². The van der Waals surface area contributed by atoms with Crippen LogP contribution in [-0.4, -0.2) is 15.9 Å². The van der Waals surface area contributed by atoms with Crippen molar-refractivity contribution in [1.82, 2.24) is 10.0 Å². The molecule has 4 nitrogen and oxygen atoms in total. The molecular weight excluding hydrogens is 228 g/mol. The van der Waals surface area contributed by atoms with E-state index in [4.69, 9.17) is 4.84 Å². The van der Waals surface area contributed by atoms with Gasteiger partial charge in [-0.15, -0.1) is 5.48 Å². The molecule has 2 aliphatic rings. The fraction of sp³-hybridized carbons (Fsp3) is 0.429. The first-order chi connectivity index (χ1) is 8.65. The topological polar surface area (TPSA) is 46.4 Å². The molecule has 0 saturated carbocycles. The van der Waals surface area contributed by atoms with E-state index in [0.29, 0.717) is 12.3 Å². The molecule has 18 heavy (non-hydrogen) atoms. The molecule has 1 aliphatic heterocycles. The van der Waals surface area contributed by atoms with Crippen LogP contribution in [0.4, 0.5) is 0 Å². The summed E-state index contributed by atoms with van der Waals surface area (Å²) in [4.78, 5) is 5.41. The van der Waals surface area contributed by atoms with Gasteiger partial charge in [0, 0.05) is 29.1 Å². The Bertz CT molecular complexity index is 508. The fourth-order valence-electron chi connectivity index (χ4n) is 2.71. The maximum atomic E-state index is 9.50. The molecule has 0 spiro atoms. The molecule has 1 aliphatic carbocycles. The largest absolute Gasteiger partial charge is 0.410 e. The number of aromatic nitrogens is 1. The molecule has 2 heterocycles. The van der Waals surface area contributed by atoms with E-state index in [1.807, 2.05) is 0 Å². The number of allylic oxidation sites excluding steroid dienone is 4. The van der Waals surface area contributed by atoms with Crippen LogP contribution in [0.3, 0.4) is 0 Å². The van der Waals surface area contributed by atoms with Gasteiger partial charge in [-0.3, -0.25) is 0 Å². The number of nitrogens with one attached hydrogen (secondary N) is 1. The molecule has 2 unspecified atom stereocenters. The van der Waals surface area contributed by atoms with Gasteiger partial charge in [0.15, 0.2) is 0 Å². The average Bonchev–Trinajstić information content (AvgIpc) is 2.69. The van der Waals surface area contributed by atoms with Gasteiger partial charge in [0.05, 0.1) is 0 Å². The maximum Gasteiger partial charge on any atom is 0.137 e. The van der Waals surface area contributed by atoms with Crippen molar-refractivity contribution in [3.63, 3.8) is 0 Å². The highest BCUT2D eigenvalue weighted by molar-refractivity contribution is 5.62. The lowest BCUT2D eigenvalue weighted by Crippen LogP contribution is -2.38. The van der Waals surface area contributed by atoms with E-state index in [2.05, 4.69) is 48.2 Å². The summed E-state index contributed by atoms with van der Waals surface area (Å²) < 4.78 is 2.22. The average molecular weight is 246 g/mol. The van der Waals surface area contributed by atoms with Crippen molar-refractivity contribution < 1.29 is 9.94 Å². The highest BCUT2D eigenvalue weighted by atomic mass is 16.7. The first-order valence-electron chi connectivity index (χ1n) is 6.32. The smallest absolute Gasteiger partial charge is 0.137 e. The van der Waals surface area contributed by atoms with Crippen LogP contribution in [0.2, 0.25) is 0 Å². The molecule has 3 rings (SSSR count). The lowest BCUT2D eigenvalue weighted by atomic mass is 9.92. The van der Waals surface area contributed by atoms with Crippen LogP contribution in [0.25, 0.3) is 5.70 Å². The van der Waals surface area contributed by atoms with E-state index in [-0.39, 0.29) is 0 Å². The summed E-state index contributed by atoms with van der Waals surface area (Å²) in [6.45, 7) is 4.20. The Morgan fingerprint density at radius 1 is 1.33 bits per heavy atom. The number of nitrogens with zero attached hydrogens (tertiary/aromatic N) is 1. The van der Waals surface area contributed by atoms with Gasteiger partial charge in [0.25, 0.3) is 0 Å². The third-order valence-electron chi connectivity index (χ3n) is 3.65. The Labute approximate surface area is 107 Å². The molecule has 0 amide bonds. The predicted octanol–water partition coefficient (Wildman–Crippen LogP) is 2.09. The SMILES string of the molecule is Cc1ccc(C)n1C1=CCC2CC(O)NOC2=C1. The molecule has 96 valence electrons. The molecule has 2 atom stereocenters. The molecule has 0 radical (unpaired) electrons. The summed E-state index contributed by atoms with van der Waals surface area (Å²) in [5.74, 6) is 1.21. The molecular formula is C14H18N2O2. The highest BCUT2D eigenvalue weighted by Crippen LogP contribution is 2.33. The van der Waals surface area contributed by atoms with E-state index in [1.165, 1.54) is 11.4 Å². The van der Waals surface area contributed by atoms with Crippen molar-refractivity contribution in [2.45, 2.75) is 32.9 Å². The van der Waals surface area contributed by atoms with Gasteiger partial charge >= 0.3 is 0 Å². The summed E-state index contributed by atoms with van der Waals surface area (Å²) in [7, 11) is 0. The highest BCUT2D eigenvalue weighted by Gasteiger charge is 2.28. The molecule has 1 fully saturated rings. The van der Waals surface area contributed by atoms with E-state index in [1.54, 1.807) is 0 Å². The molecule has 1 saturated heterocycles. The lowest BCUT2D eigenvalue weighted by Gasteiger charge is -2.31. The maximum absolute atomic E-state index is 9.50. The van der Waals surface area contributed by atoms with E-state index >= 15 is 0 Å². The first kappa shape index (κ1) is 11.6. The van der Waals surface area contributed by atoms with Gasteiger partial charge in [0.2, 0.25) is 0 Å². The zero-order valence-electron chi connectivity index (χ0n) is 10.7. The normalized spacial score (nSPS) is 27.1. The third kappa shape index (κ3) is 1.87. The minimum absolute atomic E-state index is 0.293. The van der Waals surface area contributed by atoms with Crippen LogP contribution in [0, 0.1) is 19.8 Å². The first-order valence-corrected chi connectivity index (χ1v) is 6.32. The molecule has 1 aromatic heterocycles. The van der Waals surface area contributed by atoms with Crippen LogP contribution in [0.5, 0.6) is 0 Å². The van der Waals surface area contributed by atoms with Gasteiger partial charge in [-0.25, -0.2) is 0 Å². The predicted molar refractivity (Wildman–Crippen MR) is 69.2 cm³/mol. The van der Waals surface area contributed by atoms with E-state index in [9.17, 15) is 5.11 Å². The van der Waals surface area contributed by atoms with Gasteiger partial charge in [0.1, 0.15) is 12.0 Å². The molecule has 1 aromatic rings. The summed E-state index contributed by atoms with van der Waals surface area (Å²) >= 11 is 0. The molecule has 4 heteroatoms. The Morgan fingerprint density at radius 3 is 2.78 bits per heavy atom. The summed E-state index contributed by atoms with van der Waals surface area (Å²) in [6, 6.07) is 4.23. The van der Waals surface area contributed by atoms with Gasteiger partial charge in [-0.1, -0.05) is 6.08 Å². The number of hydroxylamine groups is 1. The second kappa shape index (κ2) is 4.30. The zero-order valence-corrected chi connectivity index (χ0v) is 10.7. The molecule has 2 N–H and O–H groups in total. The number of fused-ring (bicyclic) bond motifs is 1. The Kier molecular flexibility index (Phi) is 2.76. The Hall–Kier alpha value is -1.52. The lowest BCUT2D eigenvalue weighted by molar-refractivity contribution is -0.0759. The van der Waals surface area contributed by atoms with E-state index in [0.717, 1.165) is 17.9 Å². The number of rotatable bonds is 1. The molecule has 0 bridgehead atoms. The second-order valence-corrected chi connectivity index (χ2v) is 5.03. The van der Waals surface area contributed by atoms with Crippen molar-refractivity contribution in [3.05, 3.63) is 41.4 Å². The minimum atomic E-state index is -0.558.